The van der Waals surface area contributed by atoms with E-state index in [9.17, 15) is 14.0 Å². The molecule has 1 heterocycles. The van der Waals surface area contributed by atoms with Crippen LogP contribution in [-0.4, -0.2) is 31.6 Å². The van der Waals surface area contributed by atoms with E-state index >= 15 is 0 Å². The SMILES string of the molecule is COC(=O)c1c(NC(=O)C[NH+](Cc2ccc(F)cc2)C2CC2)sc(C)c1C. The number of rotatable bonds is 7. The first-order valence-electron chi connectivity index (χ1n) is 8.96. The highest BCUT2D eigenvalue weighted by Gasteiger charge is 2.35. The molecule has 5 nitrogen and oxygen atoms in total. The zero-order valence-corrected chi connectivity index (χ0v) is 16.5. The van der Waals surface area contributed by atoms with Crippen molar-refractivity contribution in [3.63, 3.8) is 0 Å². The molecule has 144 valence electrons. The zero-order valence-electron chi connectivity index (χ0n) is 15.7. The van der Waals surface area contributed by atoms with E-state index in [-0.39, 0.29) is 11.7 Å². The van der Waals surface area contributed by atoms with Gasteiger partial charge in [0.25, 0.3) is 5.91 Å². The Kier molecular flexibility index (Phi) is 5.92. The van der Waals surface area contributed by atoms with Crippen molar-refractivity contribution in [1.82, 2.24) is 0 Å². The number of nitrogens with one attached hydrogen (secondary N) is 2. The Hall–Kier alpha value is -2.25. The third kappa shape index (κ3) is 4.73. The highest BCUT2D eigenvalue weighted by Crippen LogP contribution is 2.32. The second-order valence-electron chi connectivity index (χ2n) is 6.94. The number of anilines is 1. The van der Waals surface area contributed by atoms with Crippen LogP contribution in [0.1, 0.15) is 39.2 Å². The first kappa shape index (κ1) is 19.5. The van der Waals surface area contributed by atoms with E-state index in [0.29, 0.717) is 29.7 Å². The molecule has 0 saturated heterocycles. The molecule has 0 aliphatic heterocycles. The summed E-state index contributed by atoms with van der Waals surface area (Å²) in [4.78, 5) is 26.8. The van der Waals surface area contributed by atoms with E-state index in [1.54, 1.807) is 12.1 Å². The van der Waals surface area contributed by atoms with E-state index in [2.05, 4.69) is 5.32 Å². The third-order valence-corrected chi connectivity index (χ3v) is 6.04. The number of methoxy groups -OCH3 is 1. The molecule has 0 radical (unpaired) electrons. The highest BCUT2D eigenvalue weighted by atomic mass is 32.1. The molecule has 1 saturated carbocycles. The minimum atomic E-state index is -0.440. The van der Waals surface area contributed by atoms with Gasteiger partial charge in [-0.1, -0.05) is 12.1 Å². The van der Waals surface area contributed by atoms with Gasteiger partial charge < -0.3 is 15.0 Å². The van der Waals surface area contributed by atoms with E-state index in [0.717, 1.165) is 33.7 Å². The molecule has 1 atom stereocenters. The number of hydrogen-bond donors (Lipinski definition) is 2. The van der Waals surface area contributed by atoms with Crippen LogP contribution in [0, 0.1) is 19.7 Å². The molecule has 1 aliphatic carbocycles. The molecule has 1 aliphatic rings. The average molecular weight is 391 g/mol. The second kappa shape index (κ2) is 8.19. The number of benzene rings is 1. The van der Waals surface area contributed by atoms with Gasteiger partial charge in [-0.05, 0) is 31.5 Å². The summed E-state index contributed by atoms with van der Waals surface area (Å²) < 4.78 is 18.0. The van der Waals surface area contributed by atoms with Crippen molar-refractivity contribution >= 4 is 28.2 Å². The lowest BCUT2D eigenvalue weighted by atomic mass is 10.1. The fourth-order valence-corrected chi connectivity index (χ4v) is 4.21. The average Bonchev–Trinajstić information content (AvgIpc) is 3.43. The van der Waals surface area contributed by atoms with Crippen LogP contribution in [0.3, 0.4) is 0 Å². The number of hydrogen-bond acceptors (Lipinski definition) is 4. The van der Waals surface area contributed by atoms with Gasteiger partial charge in [0.15, 0.2) is 6.54 Å². The maximum absolute atomic E-state index is 13.1. The van der Waals surface area contributed by atoms with Crippen molar-refractivity contribution < 1.29 is 23.6 Å². The summed E-state index contributed by atoms with van der Waals surface area (Å²) in [5.41, 5.74) is 2.27. The Morgan fingerprint density at radius 3 is 2.52 bits per heavy atom. The van der Waals surface area contributed by atoms with E-state index in [4.69, 9.17) is 4.74 Å². The van der Waals surface area contributed by atoms with Crippen molar-refractivity contribution in [2.24, 2.45) is 0 Å². The summed E-state index contributed by atoms with van der Waals surface area (Å²) >= 11 is 1.39. The number of carbonyl (C=O) groups excluding carboxylic acids is 2. The van der Waals surface area contributed by atoms with Gasteiger partial charge >= 0.3 is 5.97 Å². The summed E-state index contributed by atoms with van der Waals surface area (Å²) in [5, 5.41) is 3.43. The Morgan fingerprint density at radius 2 is 1.93 bits per heavy atom. The van der Waals surface area contributed by atoms with E-state index in [1.165, 1.54) is 30.6 Å². The van der Waals surface area contributed by atoms with Gasteiger partial charge in [-0.25, -0.2) is 9.18 Å². The molecule has 2 N–H and O–H groups in total. The molecule has 3 rings (SSSR count). The minimum absolute atomic E-state index is 0.134. The highest BCUT2D eigenvalue weighted by molar-refractivity contribution is 7.16. The molecule has 1 amide bonds. The Labute approximate surface area is 162 Å². The smallest absolute Gasteiger partial charge is 0.341 e. The van der Waals surface area contributed by atoms with E-state index < -0.39 is 5.97 Å². The van der Waals surface area contributed by atoms with Gasteiger partial charge in [0.05, 0.1) is 18.7 Å². The first-order chi connectivity index (χ1) is 12.9. The lowest BCUT2D eigenvalue weighted by Crippen LogP contribution is -3.13. The predicted octanol–water partition coefficient (Wildman–Crippen LogP) is 2.48. The molecular weight excluding hydrogens is 367 g/mol. The summed E-state index contributed by atoms with van der Waals surface area (Å²) in [6, 6.07) is 6.86. The topological polar surface area (TPSA) is 59.8 Å². The monoisotopic (exact) mass is 391 g/mol. The van der Waals surface area contributed by atoms with Gasteiger partial charge in [0.1, 0.15) is 17.4 Å². The number of thiophene rings is 1. The van der Waals surface area contributed by atoms with Crippen molar-refractivity contribution in [3.05, 3.63) is 51.7 Å². The number of carbonyl (C=O) groups is 2. The summed E-state index contributed by atoms with van der Waals surface area (Å²) in [5.74, 6) is -0.835. The van der Waals surface area contributed by atoms with E-state index in [1.807, 2.05) is 13.8 Å². The molecule has 1 aromatic carbocycles. The van der Waals surface area contributed by atoms with Crippen LogP contribution in [0.15, 0.2) is 24.3 Å². The van der Waals surface area contributed by atoms with Crippen molar-refractivity contribution in [1.29, 1.82) is 0 Å². The van der Waals surface area contributed by atoms with Gasteiger partial charge in [-0.2, -0.15) is 0 Å². The number of ether oxygens (including phenoxy) is 1. The standard InChI is InChI=1S/C20H23FN2O3S/c1-12-13(2)27-19(18(12)20(25)26-3)22-17(24)11-23(16-8-9-16)10-14-4-6-15(21)7-5-14/h4-7,16H,8-11H2,1-3H3,(H,22,24)/p+1. The maximum Gasteiger partial charge on any atom is 0.341 e. The van der Waals surface area contributed by atoms with Crippen LogP contribution in [0.5, 0.6) is 0 Å². The summed E-state index contributed by atoms with van der Waals surface area (Å²) in [7, 11) is 1.34. The number of halogens is 1. The molecule has 1 fully saturated rings. The number of aryl methyl sites for hydroxylation is 1. The number of amides is 1. The lowest BCUT2D eigenvalue weighted by molar-refractivity contribution is -0.916. The maximum atomic E-state index is 13.1. The zero-order chi connectivity index (χ0) is 19.6. The molecule has 1 aromatic heterocycles. The van der Waals surface area contributed by atoms with Crippen LogP contribution < -0.4 is 10.2 Å². The minimum Gasteiger partial charge on any atom is -0.465 e. The van der Waals surface area contributed by atoms with Gasteiger partial charge in [0, 0.05) is 23.3 Å². The predicted molar refractivity (Wildman–Crippen MR) is 103 cm³/mol. The molecule has 7 heteroatoms. The van der Waals surface area contributed by atoms with Gasteiger partial charge in [0.2, 0.25) is 0 Å². The summed E-state index contributed by atoms with van der Waals surface area (Å²) in [6.07, 6.45) is 2.18. The normalized spacial score (nSPS) is 14.7. The molecule has 2 aromatic rings. The number of esters is 1. The quantitative estimate of drug-likeness (QED) is 0.713. The fraction of sp³-hybridized carbons (Fsp3) is 0.400. The van der Waals surface area contributed by atoms with Crippen molar-refractivity contribution in [2.45, 2.75) is 39.3 Å². The summed E-state index contributed by atoms with van der Waals surface area (Å²) in [6.45, 7) is 4.74. The largest absolute Gasteiger partial charge is 0.465 e. The number of quaternary nitrogens is 1. The van der Waals surface area contributed by atoms with Crippen LogP contribution in [0.25, 0.3) is 0 Å². The van der Waals surface area contributed by atoms with Crippen LogP contribution in [-0.2, 0) is 16.1 Å². The molecular formula is C20H24FN2O3S+. The van der Waals surface area contributed by atoms with Gasteiger partial charge in [-0.15, -0.1) is 11.3 Å². The van der Waals surface area contributed by atoms with Crippen molar-refractivity contribution in [3.8, 4) is 0 Å². The van der Waals surface area contributed by atoms with Crippen LogP contribution in [0.2, 0.25) is 0 Å². The van der Waals surface area contributed by atoms with Crippen LogP contribution in [0.4, 0.5) is 9.39 Å². The Balaban J connectivity index is 1.69. The van der Waals surface area contributed by atoms with Gasteiger partial charge in [-0.3, -0.25) is 4.79 Å². The third-order valence-electron chi connectivity index (χ3n) is 4.91. The molecule has 0 bridgehead atoms. The first-order valence-corrected chi connectivity index (χ1v) is 9.78. The molecule has 1 unspecified atom stereocenters. The van der Waals surface area contributed by atoms with Crippen molar-refractivity contribution in [2.75, 3.05) is 19.0 Å². The Bertz CT molecular complexity index is 844. The molecule has 27 heavy (non-hydrogen) atoms. The lowest BCUT2D eigenvalue weighted by Gasteiger charge is -2.19. The molecule has 0 spiro atoms. The second-order valence-corrected chi connectivity index (χ2v) is 8.16. The van der Waals surface area contributed by atoms with Crippen LogP contribution >= 0.6 is 11.3 Å². The fourth-order valence-electron chi connectivity index (χ4n) is 3.15. The Morgan fingerprint density at radius 1 is 1.26 bits per heavy atom.